The van der Waals surface area contributed by atoms with Crippen molar-refractivity contribution in [1.82, 2.24) is 15.1 Å². The first-order valence-electron chi connectivity index (χ1n) is 6.90. The van der Waals surface area contributed by atoms with E-state index < -0.39 is 0 Å². The predicted octanol–water partition coefficient (Wildman–Crippen LogP) is 2.13. The molecule has 0 amide bonds. The van der Waals surface area contributed by atoms with Crippen LogP contribution in [0.3, 0.4) is 0 Å². The molecule has 18 heavy (non-hydrogen) atoms. The Labute approximate surface area is 110 Å². The molecule has 1 fully saturated rings. The largest absolute Gasteiger partial charge is 0.352 e. The SMILES string of the molecule is CCC1CN(c2ccc(C(C)C)nn2)CCN1C. The summed E-state index contributed by atoms with van der Waals surface area (Å²) < 4.78 is 0. The fraction of sp³-hybridized carbons (Fsp3) is 0.714. The van der Waals surface area contributed by atoms with Crippen LogP contribution >= 0.6 is 0 Å². The van der Waals surface area contributed by atoms with E-state index in [1.807, 2.05) is 0 Å². The maximum absolute atomic E-state index is 4.37. The van der Waals surface area contributed by atoms with Gasteiger partial charge in [-0.25, -0.2) is 0 Å². The summed E-state index contributed by atoms with van der Waals surface area (Å²) in [6.45, 7) is 9.75. The van der Waals surface area contributed by atoms with Gasteiger partial charge in [0, 0.05) is 25.7 Å². The molecule has 1 unspecified atom stereocenters. The van der Waals surface area contributed by atoms with Crippen LogP contribution in [0, 0.1) is 0 Å². The summed E-state index contributed by atoms with van der Waals surface area (Å²) in [5, 5.41) is 8.69. The van der Waals surface area contributed by atoms with Gasteiger partial charge in [0.05, 0.1) is 5.69 Å². The van der Waals surface area contributed by atoms with Gasteiger partial charge in [0.15, 0.2) is 5.82 Å². The minimum atomic E-state index is 0.447. The minimum absolute atomic E-state index is 0.447. The van der Waals surface area contributed by atoms with Crippen molar-refractivity contribution in [2.24, 2.45) is 0 Å². The zero-order valence-corrected chi connectivity index (χ0v) is 11.9. The van der Waals surface area contributed by atoms with Crippen LogP contribution in [0.5, 0.6) is 0 Å². The molecule has 1 aliphatic heterocycles. The Morgan fingerprint density at radius 2 is 2.06 bits per heavy atom. The van der Waals surface area contributed by atoms with Gasteiger partial charge < -0.3 is 4.90 Å². The molecule has 0 N–H and O–H groups in total. The summed E-state index contributed by atoms with van der Waals surface area (Å²) in [7, 11) is 2.21. The number of hydrogen-bond acceptors (Lipinski definition) is 4. The van der Waals surface area contributed by atoms with Gasteiger partial charge in [-0.2, -0.15) is 5.10 Å². The number of anilines is 1. The van der Waals surface area contributed by atoms with E-state index in [2.05, 4.69) is 59.9 Å². The molecule has 2 rings (SSSR count). The number of nitrogens with zero attached hydrogens (tertiary/aromatic N) is 4. The van der Waals surface area contributed by atoms with Gasteiger partial charge in [-0.15, -0.1) is 5.10 Å². The lowest BCUT2D eigenvalue weighted by molar-refractivity contribution is 0.212. The molecule has 1 atom stereocenters. The van der Waals surface area contributed by atoms with Gasteiger partial charge in [-0.1, -0.05) is 20.8 Å². The van der Waals surface area contributed by atoms with Crippen molar-refractivity contribution in [3.8, 4) is 0 Å². The van der Waals surface area contributed by atoms with Crippen molar-refractivity contribution in [2.75, 3.05) is 31.6 Å². The normalized spacial score (nSPS) is 21.6. The van der Waals surface area contributed by atoms with Gasteiger partial charge in [0.1, 0.15) is 0 Å². The van der Waals surface area contributed by atoms with E-state index in [0.717, 1.165) is 31.1 Å². The van der Waals surface area contributed by atoms with Crippen LogP contribution in [0.4, 0.5) is 5.82 Å². The van der Waals surface area contributed by atoms with Gasteiger partial charge in [0.25, 0.3) is 0 Å². The standard InChI is InChI=1S/C14H24N4/c1-5-12-10-18(9-8-17(12)4)14-7-6-13(11(2)3)15-16-14/h6-7,11-12H,5,8-10H2,1-4H3. The van der Waals surface area contributed by atoms with E-state index in [4.69, 9.17) is 0 Å². The first kappa shape index (κ1) is 13.3. The summed E-state index contributed by atoms with van der Waals surface area (Å²) in [5.41, 5.74) is 1.07. The molecule has 1 aromatic heterocycles. The van der Waals surface area contributed by atoms with Crippen LogP contribution in [0.2, 0.25) is 0 Å². The van der Waals surface area contributed by atoms with Crippen LogP contribution in [-0.2, 0) is 0 Å². The lowest BCUT2D eigenvalue weighted by Crippen LogP contribution is -2.51. The van der Waals surface area contributed by atoms with E-state index in [0.29, 0.717) is 12.0 Å². The van der Waals surface area contributed by atoms with Crippen LogP contribution in [0.1, 0.15) is 38.8 Å². The lowest BCUT2D eigenvalue weighted by atomic mass is 10.1. The summed E-state index contributed by atoms with van der Waals surface area (Å²) in [4.78, 5) is 4.79. The summed E-state index contributed by atoms with van der Waals surface area (Å²) >= 11 is 0. The second-order valence-corrected chi connectivity index (χ2v) is 5.46. The van der Waals surface area contributed by atoms with Crippen molar-refractivity contribution in [1.29, 1.82) is 0 Å². The zero-order valence-electron chi connectivity index (χ0n) is 11.9. The summed E-state index contributed by atoms with van der Waals surface area (Å²) in [5.74, 6) is 1.47. The highest BCUT2D eigenvalue weighted by Gasteiger charge is 2.23. The molecule has 0 saturated carbocycles. The Hall–Kier alpha value is -1.16. The molecule has 0 bridgehead atoms. The average Bonchev–Trinajstić information content (AvgIpc) is 2.39. The first-order valence-corrected chi connectivity index (χ1v) is 6.90. The second kappa shape index (κ2) is 5.65. The Morgan fingerprint density at radius 1 is 1.28 bits per heavy atom. The van der Waals surface area contributed by atoms with E-state index in [-0.39, 0.29) is 0 Å². The van der Waals surface area contributed by atoms with E-state index >= 15 is 0 Å². The van der Waals surface area contributed by atoms with E-state index in [1.54, 1.807) is 0 Å². The van der Waals surface area contributed by atoms with Crippen molar-refractivity contribution >= 4 is 5.82 Å². The fourth-order valence-corrected chi connectivity index (χ4v) is 2.41. The molecule has 2 heterocycles. The smallest absolute Gasteiger partial charge is 0.151 e. The first-order chi connectivity index (χ1) is 8.61. The van der Waals surface area contributed by atoms with Crippen LogP contribution in [0.15, 0.2) is 12.1 Å². The monoisotopic (exact) mass is 248 g/mol. The second-order valence-electron chi connectivity index (χ2n) is 5.46. The minimum Gasteiger partial charge on any atom is -0.352 e. The molecule has 1 saturated heterocycles. The number of piperazine rings is 1. The molecule has 4 nitrogen and oxygen atoms in total. The summed E-state index contributed by atoms with van der Waals surface area (Å²) in [6.07, 6.45) is 1.19. The average molecular weight is 248 g/mol. The quantitative estimate of drug-likeness (QED) is 0.820. The Balaban J connectivity index is 2.07. The third-order valence-electron chi connectivity index (χ3n) is 3.83. The Morgan fingerprint density at radius 3 is 2.61 bits per heavy atom. The number of likely N-dealkylation sites (N-methyl/N-ethyl adjacent to an activating group) is 1. The molecular weight excluding hydrogens is 224 g/mol. The Kier molecular flexibility index (Phi) is 4.17. The van der Waals surface area contributed by atoms with Gasteiger partial charge >= 0.3 is 0 Å². The highest BCUT2D eigenvalue weighted by Crippen LogP contribution is 2.18. The van der Waals surface area contributed by atoms with Crippen molar-refractivity contribution in [3.63, 3.8) is 0 Å². The zero-order chi connectivity index (χ0) is 13.1. The topological polar surface area (TPSA) is 32.3 Å². The number of hydrogen-bond donors (Lipinski definition) is 0. The molecule has 0 aromatic carbocycles. The number of aromatic nitrogens is 2. The number of rotatable bonds is 3. The third-order valence-corrected chi connectivity index (χ3v) is 3.83. The third kappa shape index (κ3) is 2.80. The van der Waals surface area contributed by atoms with Gasteiger partial charge in [0.2, 0.25) is 0 Å². The highest BCUT2D eigenvalue weighted by atomic mass is 15.3. The predicted molar refractivity (Wildman–Crippen MR) is 75.0 cm³/mol. The highest BCUT2D eigenvalue weighted by molar-refractivity contribution is 5.38. The maximum atomic E-state index is 4.37. The van der Waals surface area contributed by atoms with Crippen molar-refractivity contribution in [2.45, 2.75) is 39.2 Å². The summed E-state index contributed by atoms with van der Waals surface area (Å²) in [6, 6.07) is 4.84. The molecule has 4 heteroatoms. The van der Waals surface area contributed by atoms with Crippen LogP contribution in [0.25, 0.3) is 0 Å². The molecule has 0 spiro atoms. The van der Waals surface area contributed by atoms with E-state index in [9.17, 15) is 0 Å². The van der Waals surface area contributed by atoms with Crippen LogP contribution in [-0.4, -0.2) is 47.8 Å². The lowest BCUT2D eigenvalue weighted by Gasteiger charge is -2.39. The Bertz CT molecular complexity index is 374. The molecule has 1 aromatic rings. The fourth-order valence-electron chi connectivity index (χ4n) is 2.41. The van der Waals surface area contributed by atoms with Crippen LogP contribution < -0.4 is 4.90 Å². The van der Waals surface area contributed by atoms with Gasteiger partial charge in [-0.3, -0.25) is 4.90 Å². The maximum Gasteiger partial charge on any atom is 0.151 e. The van der Waals surface area contributed by atoms with Crippen molar-refractivity contribution in [3.05, 3.63) is 17.8 Å². The molecule has 0 radical (unpaired) electrons. The molecule has 100 valence electrons. The van der Waals surface area contributed by atoms with E-state index in [1.165, 1.54) is 6.42 Å². The molecule has 1 aliphatic rings. The molecular formula is C14H24N4. The molecule has 0 aliphatic carbocycles. The van der Waals surface area contributed by atoms with Crippen molar-refractivity contribution < 1.29 is 0 Å². The van der Waals surface area contributed by atoms with Gasteiger partial charge in [-0.05, 0) is 31.5 Å².